The molecule has 0 aromatic carbocycles. The molecule has 0 saturated carbocycles. The van der Waals surface area contributed by atoms with Gasteiger partial charge >= 0.3 is 11.9 Å². The maximum atomic E-state index is 12.5. The minimum Gasteiger partial charge on any atom is -0.481 e. The Morgan fingerprint density at radius 1 is 0.548 bits per heavy atom. The number of carboxylic acid groups (broad SMARTS) is 1. The van der Waals surface area contributed by atoms with Crippen molar-refractivity contribution in [3.63, 3.8) is 0 Å². The highest BCUT2D eigenvalue weighted by atomic mass is 16.5. The van der Waals surface area contributed by atoms with Crippen LogP contribution in [0.15, 0.2) is 60.8 Å². The van der Waals surface area contributed by atoms with Crippen LogP contribution in [-0.4, -0.2) is 23.1 Å². The SMILES string of the molecule is CC/C=C\C/C=C\C/C=C\C/C=C\C/C=C\CCCC(=O)OC(CCCCC)CCCCCCCCCCCC(=O)O. The number of carbonyl (C=O) groups excluding carboxylic acids is 1. The van der Waals surface area contributed by atoms with Crippen LogP contribution in [0.2, 0.25) is 0 Å². The number of carboxylic acids is 1. The number of aliphatic carboxylic acids is 1. The first kappa shape index (κ1) is 39.6. The zero-order valence-corrected chi connectivity index (χ0v) is 27.3. The summed E-state index contributed by atoms with van der Waals surface area (Å²) in [6.45, 7) is 4.37. The average Bonchev–Trinajstić information content (AvgIpc) is 2.97. The van der Waals surface area contributed by atoms with Gasteiger partial charge < -0.3 is 9.84 Å². The van der Waals surface area contributed by atoms with Gasteiger partial charge in [-0.15, -0.1) is 0 Å². The molecule has 42 heavy (non-hydrogen) atoms. The van der Waals surface area contributed by atoms with Gasteiger partial charge in [-0.25, -0.2) is 0 Å². The number of rotatable bonds is 30. The predicted molar refractivity (Wildman–Crippen MR) is 181 cm³/mol. The lowest BCUT2D eigenvalue weighted by Gasteiger charge is -2.18. The Kier molecular flexibility index (Phi) is 31.3. The Morgan fingerprint density at radius 2 is 1.00 bits per heavy atom. The van der Waals surface area contributed by atoms with E-state index in [9.17, 15) is 9.59 Å². The van der Waals surface area contributed by atoms with Crippen LogP contribution in [0.1, 0.15) is 162 Å². The van der Waals surface area contributed by atoms with E-state index in [0.717, 1.165) is 89.9 Å². The second kappa shape index (κ2) is 33.1. The molecule has 4 nitrogen and oxygen atoms in total. The van der Waals surface area contributed by atoms with E-state index in [1.165, 1.54) is 44.9 Å². The molecule has 4 heteroatoms. The summed E-state index contributed by atoms with van der Waals surface area (Å²) in [5, 5.41) is 8.68. The molecular weight excluding hydrogens is 520 g/mol. The van der Waals surface area contributed by atoms with Gasteiger partial charge in [0.1, 0.15) is 6.10 Å². The van der Waals surface area contributed by atoms with Gasteiger partial charge in [-0.2, -0.15) is 0 Å². The summed E-state index contributed by atoms with van der Waals surface area (Å²) in [6, 6.07) is 0. The Bertz CT molecular complexity index is 759. The van der Waals surface area contributed by atoms with Crippen LogP contribution in [0, 0.1) is 0 Å². The van der Waals surface area contributed by atoms with E-state index in [2.05, 4.69) is 74.6 Å². The Labute approximate surface area is 259 Å². The fraction of sp³-hybridized carbons (Fsp3) is 0.684. The summed E-state index contributed by atoms with van der Waals surface area (Å²) in [4.78, 5) is 23.0. The van der Waals surface area contributed by atoms with E-state index in [0.29, 0.717) is 12.8 Å². The molecular formula is C38H64O4. The van der Waals surface area contributed by atoms with E-state index >= 15 is 0 Å². The Balaban J connectivity index is 3.92. The zero-order valence-electron chi connectivity index (χ0n) is 27.3. The van der Waals surface area contributed by atoms with Crippen LogP contribution in [0.5, 0.6) is 0 Å². The van der Waals surface area contributed by atoms with Gasteiger partial charge in [-0.3, -0.25) is 9.59 Å². The number of unbranched alkanes of at least 4 members (excludes halogenated alkanes) is 11. The van der Waals surface area contributed by atoms with Crippen LogP contribution in [0.4, 0.5) is 0 Å². The zero-order chi connectivity index (χ0) is 30.8. The minimum absolute atomic E-state index is 0.0354. The van der Waals surface area contributed by atoms with Gasteiger partial charge in [0.15, 0.2) is 0 Å². The molecule has 0 radical (unpaired) electrons. The first-order valence-corrected chi connectivity index (χ1v) is 17.3. The van der Waals surface area contributed by atoms with E-state index in [1.807, 2.05) is 0 Å². The monoisotopic (exact) mass is 584 g/mol. The fourth-order valence-electron chi connectivity index (χ4n) is 4.75. The number of carbonyl (C=O) groups is 2. The molecule has 0 aromatic rings. The largest absolute Gasteiger partial charge is 0.481 e. The van der Waals surface area contributed by atoms with Crippen molar-refractivity contribution in [1.29, 1.82) is 0 Å². The average molecular weight is 585 g/mol. The highest BCUT2D eigenvalue weighted by Gasteiger charge is 2.13. The molecule has 0 aliphatic rings. The third kappa shape index (κ3) is 32.2. The summed E-state index contributed by atoms with van der Waals surface area (Å²) in [6.07, 6.45) is 45.4. The van der Waals surface area contributed by atoms with Crippen molar-refractivity contribution in [2.45, 2.75) is 168 Å². The molecule has 0 heterocycles. The van der Waals surface area contributed by atoms with Crippen molar-refractivity contribution in [2.75, 3.05) is 0 Å². The molecule has 0 fully saturated rings. The quantitative estimate of drug-likeness (QED) is 0.0518. The Hall–Kier alpha value is -2.36. The normalized spacial score (nSPS) is 13.0. The van der Waals surface area contributed by atoms with Crippen molar-refractivity contribution in [2.24, 2.45) is 0 Å². The molecule has 0 bridgehead atoms. The maximum absolute atomic E-state index is 12.5. The summed E-state index contributed by atoms with van der Waals surface area (Å²) in [5.74, 6) is -0.721. The van der Waals surface area contributed by atoms with Crippen LogP contribution in [0.25, 0.3) is 0 Å². The molecule has 0 amide bonds. The maximum Gasteiger partial charge on any atom is 0.306 e. The molecule has 0 aliphatic carbocycles. The lowest BCUT2D eigenvalue weighted by molar-refractivity contribution is -0.150. The molecule has 1 N–H and O–H groups in total. The van der Waals surface area contributed by atoms with E-state index in [4.69, 9.17) is 9.84 Å². The summed E-state index contributed by atoms with van der Waals surface area (Å²) >= 11 is 0. The second-order valence-electron chi connectivity index (χ2n) is 11.3. The van der Waals surface area contributed by atoms with E-state index in [-0.39, 0.29) is 12.1 Å². The number of allylic oxidation sites excluding steroid dienone is 10. The molecule has 0 rings (SSSR count). The smallest absolute Gasteiger partial charge is 0.306 e. The van der Waals surface area contributed by atoms with Gasteiger partial charge in [0.25, 0.3) is 0 Å². The minimum atomic E-state index is -0.685. The van der Waals surface area contributed by atoms with Crippen molar-refractivity contribution >= 4 is 11.9 Å². The van der Waals surface area contributed by atoms with Crippen LogP contribution >= 0.6 is 0 Å². The number of hydrogen-bond acceptors (Lipinski definition) is 3. The molecule has 0 aromatic heterocycles. The lowest BCUT2D eigenvalue weighted by atomic mass is 10.0. The molecule has 0 saturated heterocycles. The third-order valence-corrected chi connectivity index (χ3v) is 7.25. The summed E-state index contributed by atoms with van der Waals surface area (Å²) in [5.41, 5.74) is 0. The van der Waals surface area contributed by atoms with Gasteiger partial charge in [-0.1, -0.05) is 132 Å². The van der Waals surface area contributed by atoms with Crippen LogP contribution in [0.3, 0.4) is 0 Å². The van der Waals surface area contributed by atoms with Gasteiger partial charge in [0, 0.05) is 12.8 Å². The lowest BCUT2D eigenvalue weighted by Crippen LogP contribution is -2.18. The van der Waals surface area contributed by atoms with E-state index in [1.54, 1.807) is 0 Å². The molecule has 1 unspecified atom stereocenters. The molecule has 1 atom stereocenters. The standard InChI is InChI=1S/C38H64O4/c1-3-5-7-8-9-10-11-12-13-14-15-16-17-21-24-27-31-35-38(41)42-36(32-28-6-4-2)33-29-25-22-19-18-20-23-26-30-34-37(39)40/h5,7,9-10,12-13,15-16,21,24,36H,3-4,6,8,11,14,17-20,22-23,25-35H2,1-2H3,(H,39,40)/b7-5-,10-9-,13-12-,16-15-,24-21-. The highest BCUT2D eigenvalue weighted by Crippen LogP contribution is 2.17. The molecule has 240 valence electrons. The number of esters is 1. The predicted octanol–water partition coefficient (Wildman–Crippen LogP) is 11.8. The van der Waals surface area contributed by atoms with Crippen molar-refractivity contribution in [1.82, 2.24) is 0 Å². The summed E-state index contributed by atoms with van der Waals surface area (Å²) < 4.78 is 5.90. The first-order valence-electron chi connectivity index (χ1n) is 17.3. The van der Waals surface area contributed by atoms with Gasteiger partial charge in [0.2, 0.25) is 0 Å². The summed E-state index contributed by atoms with van der Waals surface area (Å²) in [7, 11) is 0. The topological polar surface area (TPSA) is 63.6 Å². The van der Waals surface area contributed by atoms with Crippen molar-refractivity contribution in [3.05, 3.63) is 60.8 Å². The Morgan fingerprint density at radius 3 is 1.50 bits per heavy atom. The third-order valence-electron chi connectivity index (χ3n) is 7.25. The highest BCUT2D eigenvalue weighted by molar-refractivity contribution is 5.69. The van der Waals surface area contributed by atoms with Gasteiger partial charge in [-0.05, 0) is 77.0 Å². The fourth-order valence-corrected chi connectivity index (χ4v) is 4.75. The number of ether oxygens (including phenoxy) is 1. The first-order chi connectivity index (χ1) is 20.6. The van der Waals surface area contributed by atoms with Crippen molar-refractivity contribution in [3.8, 4) is 0 Å². The molecule has 0 aliphatic heterocycles. The molecule has 0 spiro atoms. The van der Waals surface area contributed by atoms with Crippen LogP contribution < -0.4 is 0 Å². The second-order valence-corrected chi connectivity index (χ2v) is 11.3. The number of hydrogen-bond donors (Lipinski definition) is 1. The van der Waals surface area contributed by atoms with E-state index < -0.39 is 5.97 Å². The van der Waals surface area contributed by atoms with Crippen LogP contribution in [-0.2, 0) is 14.3 Å². The van der Waals surface area contributed by atoms with Crippen molar-refractivity contribution < 1.29 is 19.4 Å². The van der Waals surface area contributed by atoms with Gasteiger partial charge in [0.05, 0.1) is 0 Å².